The van der Waals surface area contributed by atoms with Crippen LogP contribution >= 0.6 is 11.8 Å². The van der Waals surface area contributed by atoms with Gasteiger partial charge in [0.15, 0.2) is 22.5 Å². The first-order chi connectivity index (χ1) is 17.1. The van der Waals surface area contributed by atoms with Gasteiger partial charge in [-0.2, -0.15) is 5.26 Å². The summed E-state index contributed by atoms with van der Waals surface area (Å²) in [5.74, 6) is 2.67. The van der Waals surface area contributed by atoms with Gasteiger partial charge in [0.25, 0.3) is 0 Å². The zero-order valence-corrected chi connectivity index (χ0v) is 22.2. The molecule has 1 heterocycles. The summed E-state index contributed by atoms with van der Waals surface area (Å²) >= 11 is 1.46. The molecule has 0 spiro atoms. The van der Waals surface area contributed by atoms with Gasteiger partial charge in [-0.15, -0.1) is 0 Å². The van der Waals surface area contributed by atoms with Crippen molar-refractivity contribution < 1.29 is 22.6 Å². The van der Waals surface area contributed by atoms with Crippen LogP contribution in [0.15, 0.2) is 46.5 Å². The third kappa shape index (κ3) is 6.17. The highest BCUT2D eigenvalue weighted by Gasteiger charge is 2.21. The highest BCUT2D eigenvalue weighted by molar-refractivity contribution is 7.99. The number of rotatable bonds is 10. The van der Waals surface area contributed by atoms with Crippen LogP contribution in [0.1, 0.15) is 19.4 Å². The number of nitrogens with two attached hydrogens (primary N) is 1. The Bertz CT molecular complexity index is 1360. The Morgan fingerprint density at radius 2 is 1.67 bits per heavy atom. The van der Waals surface area contributed by atoms with E-state index in [2.05, 4.69) is 35.2 Å². The fraction of sp³-hybridized carbons (Fsp3) is 0.292. The van der Waals surface area contributed by atoms with Gasteiger partial charge in [0.1, 0.15) is 11.6 Å². The molecule has 2 aromatic carbocycles. The SMILES string of the molecule is COc1cc(-c2nc(SCC(C)C)nc(Nc3ccc(S(N)(=O)=O)cc3)c2C#N)cc(OC)c1OC. The minimum atomic E-state index is -3.83. The predicted octanol–water partition coefficient (Wildman–Crippen LogP) is 4.18. The van der Waals surface area contributed by atoms with Gasteiger partial charge in [0.2, 0.25) is 15.8 Å². The predicted molar refractivity (Wildman–Crippen MR) is 138 cm³/mol. The third-order valence-electron chi connectivity index (χ3n) is 4.93. The van der Waals surface area contributed by atoms with Gasteiger partial charge in [0.05, 0.1) is 31.9 Å². The highest BCUT2D eigenvalue weighted by atomic mass is 32.2. The Labute approximate surface area is 214 Å². The highest BCUT2D eigenvalue weighted by Crippen LogP contribution is 2.42. The molecule has 0 aliphatic rings. The molecule has 3 aromatic rings. The molecule has 0 amide bonds. The number of benzene rings is 2. The molecule has 0 aliphatic heterocycles. The summed E-state index contributed by atoms with van der Waals surface area (Å²) < 4.78 is 39.5. The molecule has 3 N–H and O–H groups in total. The van der Waals surface area contributed by atoms with Crippen molar-refractivity contribution in [1.82, 2.24) is 9.97 Å². The van der Waals surface area contributed by atoms with E-state index in [0.717, 1.165) is 5.75 Å². The van der Waals surface area contributed by atoms with Crippen LogP contribution in [-0.2, 0) is 10.0 Å². The summed E-state index contributed by atoms with van der Waals surface area (Å²) in [5, 5.41) is 18.9. The van der Waals surface area contributed by atoms with Gasteiger partial charge < -0.3 is 19.5 Å². The van der Waals surface area contributed by atoms with E-state index in [1.165, 1.54) is 45.2 Å². The van der Waals surface area contributed by atoms with E-state index < -0.39 is 10.0 Å². The van der Waals surface area contributed by atoms with Crippen LogP contribution in [0.2, 0.25) is 0 Å². The minimum absolute atomic E-state index is 0.0254. The Morgan fingerprint density at radius 3 is 2.14 bits per heavy atom. The number of aromatic nitrogens is 2. The quantitative estimate of drug-likeness (QED) is 0.289. The van der Waals surface area contributed by atoms with Gasteiger partial charge in [-0.3, -0.25) is 0 Å². The van der Waals surface area contributed by atoms with E-state index in [1.54, 1.807) is 24.3 Å². The maximum Gasteiger partial charge on any atom is 0.238 e. The van der Waals surface area contributed by atoms with E-state index in [0.29, 0.717) is 45.3 Å². The van der Waals surface area contributed by atoms with E-state index in [-0.39, 0.29) is 16.3 Å². The second kappa shape index (κ2) is 11.5. The largest absolute Gasteiger partial charge is 0.493 e. The van der Waals surface area contributed by atoms with Crippen molar-refractivity contribution in [3.05, 3.63) is 42.0 Å². The molecule has 0 saturated heterocycles. The number of nitrogens with one attached hydrogen (secondary N) is 1. The van der Waals surface area contributed by atoms with E-state index in [1.807, 2.05) is 0 Å². The van der Waals surface area contributed by atoms with Crippen LogP contribution in [0.25, 0.3) is 11.3 Å². The van der Waals surface area contributed by atoms with Crippen LogP contribution in [0.4, 0.5) is 11.5 Å². The molecule has 10 nitrogen and oxygen atoms in total. The fourth-order valence-corrected chi connectivity index (χ4v) is 4.54. The summed E-state index contributed by atoms with van der Waals surface area (Å²) in [4.78, 5) is 9.23. The lowest BCUT2D eigenvalue weighted by Gasteiger charge is -2.16. The molecular formula is C24H27N5O5S2. The first-order valence-electron chi connectivity index (χ1n) is 10.8. The molecular weight excluding hydrogens is 502 g/mol. The van der Waals surface area contributed by atoms with Crippen LogP contribution < -0.4 is 24.7 Å². The Morgan fingerprint density at radius 1 is 1.06 bits per heavy atom. The smallest absolute Gasteiger partial charge is 0.238 e. The van der Waals surface area contributed by atoms with Crippen LogP contribution in [0, 0.1) is 17.2 Å². The van der Waals surface area contributed by atoms with Crippen molar-refractivity contribution in [2.45, 2.75) is 23.9 Å². The summed E-state index contributed by atoms with van der Waals surface area (Å²) in [7, 11) is 0.693. The van der Waals surface area contributed by atoms with Crippen molar-refractivity contribution in [1.29, 1.82) is 5.26 Å². The average Bonchev–Trinajstić information content (AvgIpc) is 2.85. The number of hydrogen-bond donors (Lipinski definition) is 2. The summed E-state index contributed by atoms with van der Waals surface area (Å²) in [6, 6.07) is 11.5. The molecule has 36 heavy (non-hydrogen) atoms. The second-order valence-electron chi connectivity index (χ2n) is 8.00. The van der Waals surface area contributed by atoms with Crippen molar-refractivity contribution in [3.63, 3.8) is 0 Å². The molecule has 0 atom stereocenters. The van der Waals surface area contributed by atoms with Crippen molar-refractivity contribution in [3.8, 4) is 34.6 Å². The van der Waals surface area contributed by atoms with Crippen molar-refractivity contribution in [2.75, 3.05) is 32.4 Å². The summed E-state index contributed by atoms with van der Waals surface area (Å²) in [6.07, 6.45) is 0. The van der Waals surface area contributed by atoms with Gasteiger partial charge in [-0.1, -0.05) is 25.6 Å². The minimum Gasteiger partial charge on any atom is -0.493 e. The zero-order chi connectivity index (χ0) is 26.5. The lowest BCUT2D eigenvalue weighted by molar-refractivity contribution is 0.324. The molecule has 0 bridgehead atoms. The standard InChI is InChI=1S/C24H27N5O5S2/c1-14(2)13-35-24-28-21(15-10-19(32-3)22(34-5)20(11-15)33-4)18(12-25)23(29-24)27-16-6-8-17(9-7-16)36(26,30)31/h6-11,14H,13H2,1-5H3,(H2,26,30,31)(H,27,28,29). The topological polar surface area (TPSA) is 149 Å². The maximum absolute atomic E-state index is 11.6. The number of hydrogen-bond acceptors (Lipinski definition) is 10. The lowest BCUT2D eigenvalue weighted by Crippen LogP contribution is -2.12. The van der Waals surface area contributed by atoms with Gasteiger partial charge in [0, 0.05) is 17.0 Å². The van der Waals surface area contributed by atoms with Crippen molar-refractivity contribution in [2.24, 2.45) is 11.1 Å². The van der Waals surface area contributed by atoms with Crippen molar-refractivity contribution >= 4 is 33.3 Å². The number of anilines is 2. The monoisotopic (exact) mass is 529 g/mol. The number of nitriles is 1. The molecule has 0 aliphatic carbocycles. The van der Waals surface area contributed by atoms with Gasteiger partial charge in [-0.25, -0.2) is 23.5 Å². The Kier molecular flexibility index (Phi) is 8.62. The van der Waals surface area contributed by atoms with Crippen LogP contribution in [0.5, 0.6) is 17.2 Å². The number of methoxy groups -OCH3 is 3. The molecule has 0 fully saturated rings. The molecule has 0 radical (unpaired) electrons. The Hall–Kier alpha value is -3.53. The van der Waals surface area contributed by atoms with E-state index in [9.17, 15) is 13.7 Å². The zero-order valence-electron chi connectivity index (χ0n) is 20.5. The first kappa shape index (κ1) is 27.1. The van der Waals surface area contributed by atoms with Gasteiger partial charge >= 0.3 is 0 Å². The van der Waals surface area contributed by atoms with E-state index >= 15 is 0 Å². The molecule has 0 unspecified atom stereocenters. The molecule has 1 aromatic heterocycles. The number of nitrogens with zero attached hydrogens (tertiary/aromatic N) is 3. The molecule has 3 rings (SSSR count). The molecule has 190 valence electrons. The van der Waals surface area contributed by atoms with Crippen LogP contribution in [0.3, 0.4) is 0 Å². The third-order valence-corrected chi connectivity index (χ3v) is 7.13. The number of sulfonamides is 1. The Balaban J connectivity index is 2.18. The number of thioether (sulfide) groups is 1. The lowest BCUT2D eigenvalue weighted by atomic mass is 10.1. The summed E-state index contributed by atoms with van der Waals surface area (Å²) in [5.41, 5.74) is 1.66. The maximum atomic E-state index is 11.6. The van der Waals surface area contributed by atoms with Gasteiger partial charge in [-0.05, 0) is 42.3 Å². The first-order valence-corrected chi connectivity index (χ1v) is 13.3. The fourth-order valence-electron chi connectivity index (χ4n) is 3.23. The second-order valence-corrected chi connectivity index (χ2v) is 10.6. The molecule has 0 saturated carbocycles. The van der Waals surface area contributed by atoms with E-state index in [4.69, 9.17) is 19.3 Å². The summed E-state index contributed by atoms with van der Waals surface area (Å²) in [6.45, 7) is 4.17. The normalized spacial score (nSPS) is 11.2. The van der Waals surface area contributed by atoms with Crippen LogP contribution in [-0.4, -0.2) is 45.5 Å². The average molecular weight is 530 g/mol. The molecule has 12 heteroatoms. The number of primary sulfonamides is 1. The number of ether oxygens (including phenoxy) is 3.